The maximum Gasteiger partial charge on any atom is 0.129 e. The molecule has 0 aliphatic heterocycles. The zero-order valence-corrected chi connectivity index (χ0v) is 36.8. The summed E-state index contributed by atoms with van der Waals surface area (Å²) in [5, 5.41) is 0. The van der Waals surface area contributed by atoms with Gasteiger partial charge in [0.15, 0.2) is 0 Å². The Labute approximate surface area is 320 Å². The van der Waals surface area contributed by atoms with Gasteiger partial charge in [0.25, 0.3) is 0 Å². The van der Waals surface area contributed by atoms with Gasteiger partial charge in [-0.3, -0.25) is 0 Å². The third kappa shape index (κ3) is 45.5. The highest BCUT2D eigenvalue weighted by molar-refractivity contribution is 6.84. The monoisotopic (exact) mass is 712 g/mol. The molecular formula is C49H68Si2. The Morgan fingerprint density at radius 2 is 0.765 bits per heavy atom. The van der Waals surface area contributed by atoms with Crippen LogP contribution in [0.4, 0.5) is 0 Å². The highest BCUT2D eigenvalue weighted by Crippen LogP contribution is 1.99. The fourth-order valence-electron chi connectivity index (χ4n) is 3.05. The van der Waals surface area contributed by atoms with Gasteiger partial charge in [0.05, 0.1) is 0 Å². The van der Waals surface area contributed by atoms with Gasteiger partial charge in [-0.1, -0.05) is 178 Å². The highest BCUT2D eigenvalue weighted by atomic mass is 28.3. The number of benzene rings is 3. The average molecular weight is 713 g/mol. The SMILES string of the molecule is C#CCCC#Cc1ccccc1.CC.CC.CC.CC#C[Si](C)(C)C.CCC#Cc1ccccc1.C[Si](C)(C)C#CCCC#Cc1ccccc1. The van der Waals surface area contributed by atoms with E-state index in [1.54, 1.807) is 0 Å². The minimum atomic E-state index is -1.19. The van der Waals surface area contributed by atoms with E-state index >= 15 is 0 Å². The zero-order valence-electron chi connectivity index (χ0n) is 34.8. The van der Waals surface area contributed by atoms with Crippen molar-refractivity contribution in [3.8, 4) is 70.8 Å². The predicted molar refractivity (Wildman–Crippen MR) is 240 cm³/mol. The summed E-state index contributed by atoms with van der Waals surface area (Å²) in [6.07, 6.45) is 9.30. The zero-order chi connectivity index (χ0) is 39.7. The molecule has 272 valence electrons. The van der Waals surface area contributed by atoms with Crippen LogP contribution in [-0.4, -0.2) is 16.1 Å². The summed E-state index contributed by atoms with van der Waals surface area (Å²) in [5.74, 6) is 27.1. The van der Waals surface area contributed by atoms with Crippen molar-refractivity contribution in [3.05, 3.63) is 108 Å². The normalized spacial score (nSPS) is 8.18. The second-order valence-corrected chi connectivity index (χ2v) is 21.2. The van der Waals surface area contributed by atoms with Gasteiger partial charge in [-0.25, -0.2) is 0 Å². The maximum atomic E-state index is 5.09. The van der Waals surface area contributed by atoms with Crippen LogP contribution in [0.3, 0.4) is 0 Å². The molecule has 51 heavy (non-hydrogen) atoms. The van der Waals surface area contributed by atoms with E-state index in [4.69, 9.17) is 6.42 Å². The first-order valence-electron chi connectivity index (χ1n) is 18.5. The van der Waals surface area contributed by atoms with Crippen molar-refractivity contribution in [3.63, 3.8) is 0 Å². The molecule has 0 spiro atoms. The van der Waals surface area contributed by atoms with Crippen molar-refractivity contribution in [1.82, 2.24) is 0 Å². The van der Waals surface area contributed by atoms with Crippen molar-refractivity contribution in [2.75, 3.05) is 0 Å². The van der Waals surface area contributed by atoms with Crippen LogP contribution in [0.5, 0.6) is 0 Å². The fraction of sp³-hybridized carbons (Fsp3) is 0.388. The molecule has 0 unspecified atom stereocenters. The predicted octanol–water partition coefficient (Wildman–Crippen LogP) is 13.6. The summed E-state index contributed by atoms with van der Waals surface area (Å²) in [6, 6.07) is 30.0. The molecular weight excluding hydrogens is 645 g/mol. The molecule has 0 aliphatic carbocycles. The molecule has 0 bridgehead atoms. The second kappa shape index (κ2) is 39.9. The number of hydrogen-bond acceptors (Lipinski definition) is 0. The number of terminal acetylenes is 1. The van der Waals surface area contributed by atoms with E-state index in [0.717, 1.165) is 48.8 Å². The molecule has 0 N–H and O–H groups in total. The Hall–Kier alpha value is -4.55. The van der Waals surface area contributed by atoms with Crippen LogP contribution >= 0.6 is 0 Å². The van der Waals surface area contributed by atoms with E-state index in [2.05, 4.69) is 111 Å². The van der Waals surface area contributed by atoms with E-state index < -0.39 is 16.1 Å². The van der Waals surface area contributed by atoms with E-state index in [0.29, 0.717) is 0 Å². The largest absolute Gasteiger partial charge is 0.132 e. The molecule has 0 saturated carbocycles. The molecule has 0 aliphatic rings. The molecule has 0 amide bonds. The fourth-order valence-corrected chi connectivity index (χ4v) is 4.45. The van der Waals surface area contributed by atoms with Crippen molar-refractivity contribution < 1.29 is 0 Å². The molecule has 0 radical (unpaired) electrons. The van der Waals surface area contributed by atoms with Crippen molar-refractivity contribution in [1.29, 1.82) is 0 Å². The molecule has 2 heteroatoms. The van der Waals surface area contributed by atoms with Crippen LogP contribution in [-0.2, 0) is 0 Å². The molecule has 0 saturated heterocycles. The second-order valence-electron chi connectivity index (χ2n) is 11.7. The first-order chi connectivity index (χ1) is 24.5. The summed E-state index contributed by atoms with van der Waals surface area (Å²) >= 11 is 0. The van der Waals surface area contributed by atoms with Crippen LogP contribution in [0.2, 0.25) is 39.3 Å². The van der Waals surface area contributed by atoms with Gasteiger partial charge in [0.1, 0.15) is 16.1 Å². The molecule has 3 aromatic rings. The van der Waals surface area contributed by atoms with E-state index in [-0.39, 0.29) is 0 Å². The van der Waals surface area contributed by atoms with E-state index in [9.17, 15) is 0 Å². The topological polar surface area (TPSA) is 0 Å². The van der Waals surface area contributed by atoms with Gasteiger partial charge >= 0.3 is 0 Å². The lowest BCUT2D eigenvalue weighted by Gasteiger charge is -2.02. The van der Waals surface area contributed by atoms with E-state index in [1.165, 1.54) is 0 Å². The van der Waals surface area contributed by atoms with Crippen molar-refractivity contribution in [2.45, 2.75) is 127 Å². The molecule has 0 atom stereocenters. The number of unbranched alkanes of at least 4 members (excludes halogenated alkanes) is 2. The quantitative estimate of drug-likeness (QED) is 0.141. The van der Waals surface area contributed by atoms with Gasteiger partial charge in [-0.05, 0) is 43.3 Å². The van der Waals surface area contributed by atoms with Gasteiger partial charge in [-0.2, -0.15) is 0 Å². The average Bonchev–Trinajstić information content (AvgIpc) is 3.14. The Morgan fingerprint density at radius 3 is 1.04 bits per heavy atom. The molecule has 0 aromatic heterocycles. The van der Waals surface area contributed by atoms with Gasteiger partial charge in [0, 0.05) is 48.8 Å². The lowest BCUT2D eigenvalue weighted by atomic mass is 10.2. The Morgan fingerprint density at radius 1 is 0.451 bits per heavy atom. The third-order valence-electron chi connectivity index (χ3n) is 4.93. The van der Waals surface area contributed by atoms with Crippen molar-refractivity contribution in [2.24, 2.45) is 0 Å². The first kappa shape index (κ1) is 53.3. The van der Waals surface area contributed by atoms with Gasteiger partial charge in [-0.15, -0.1) is 35.3 Å². The van der Waals surface area contributed by atoms with Crippen LogP contribution in [0, 0.1) is 70.8 Å². The highest BCUT2D eigenvalue weighted by Gasteiger charge is 2.07. The van der Waals surface area contributed by atoms with Crippen LogP contribution in [0.25, 0.3) is 0 Å². The molecule has 0 fully saturated rings. The summed E-state index contributed by atoms with van der Waals surface area (Å²) in [7, 11) is -2.21. The first-order valence-corrected chi connectivity index (χ1v) is 25.5. The lowest BCUT2D eigenvalue weighted by Crippen LogP contribution is -2.16. The van der Waals surface area contributed by atoms with Gasteiger partial charge < -0.3 is 0 Å². The maximum absolute atomic E-state index is 5.09. The minimum absolute atomic E-state index is 0.736. The summed E-state index contributed by atoms with van der Waals surface area (Å²) in [5.41, 5.74) is 9.75. The van der Waals surface area contributed by atoms with Gasteiger partial charge in [0.2, 0.25) is 0 Å². The summed E-state index contributed by atoms with van der Waals surface area (Å²) in [6.45, 7) is 29.5. The van der Waals surface area contributed by atoms with Crippen LogP contribution in [0.15, 0.2) is 91.0 Å². The standard InChI is InChI=1S/C15H18Si.C12H10.C10H10.C6H12Si.3C2H6/c1-16(2,3)14-10-5-4-7-11-15-12-8-6-9-13-15;1-2-3-4-6-9-12-10-7-5-8-11-12;1-2-3-7-10-8-5-4-6-9-10;1-5-6-7(2,3)4;3*1-2/h6,8-9,12-13H,4-5H2,1-3H3;1,5,7-8,10-11H,3-4H2;4-6,8-9H,2H2,1H3;1-4H3;3*1-2H3. The number of rotatable bonds is 2. The molecule has 3 rings (SSSR count). The number of hydrogen-bond donors (Lipinski definition) is 0. The van der Waals surface area contributed by atoms with Crippen LogP contribution < -0.4 is 0 Å². The Bertz CT molecular complexity index is 1560. The minimum Gasteiger partial charge on any atom is -0.132 e. The third-order valence-corrected chi connectivity index (χ3v) is 6.86. The Balaban J connectivity index is -0.000000283. The molecule has 3 aromatic carbocycles. The smallest absolute Gasteiger partial charge is 0.129 e. The van der Waals surface area contributed by atoms with E-state index in [1.807, 2.05) is 139 Å². The Kier molecular flexibility index (Phi) is 41.6. The summed E-state index contributed by atoms with van der Waals surface area (Å²) < 4.78 is 0. The van der Waals surface area contributed by atoms with Crippen molar-refractivity contribution >= 4 is 16.1 Å². The summed E-state index contributed by atoms with van der Waals surface area (Å²) in [4.78, 5) is 0. The molecule has 0 heterocycles. The molecule has 0 nitrogen and oxygen atoms in total. The lowest BCUT2D eigenvalue weighted by molar-refractivity contribution is 1.12. The van der Waals surface area contributed by atoms with Crippen LogP contribution in [0.1, 0.15) is 104 Å².